The van der Waals surface area contributed by atoms with Gasteiger partial charge in [-0.15, -0.1) is 0 Å². The van der Waals surface area contributed by atoms with Crippen LogP contribution >= 0.6 is 0 Å². The van der Waals surface area contributed by atoms with Gasteiger partial charge in [-0.2, -0.15) is 18.6 Å². The first-order chi connectivity index (χ1) is 23.7. The summed E-state index contributed by atoms with van der Waals surface area (Å²) in [6.45, 7) is 10.9. The van der Waals surface area contributed by atoms with Gasteiger partial charge in [0.2, 0.25) is 11.8 Å². The van der Waals surface area contributed by atoms with Crippen LogP contribution in [0.15, 0.2) is 28.3 Å². The van der Waals surface area contributed by atoms with Gasteiger partial charge in [0.1, 0.15) is 0 Å². The summed E-state index contributed by atoms with van der Waals surface area (Å²) in [7, 11) is -4.75. The molecule has 4 N–H and O–H groups in total. The van der Waals surface area contributed by atoms with E-state index in [1.807, 2.05) is 27.7 Å². The molecule has 2 aromatic heterocycles. The van der Waals surface area contributed by atoms with Crippen LogP contribution in [0.3, 0.4) is 0 Å². The number of amides is 4. The zero-order valence-corrected chi connectivity index (χ0v) is 32.1. The molecule has 0 fully saturated rings. The summed E-state index contributed by atoms with van der Waals surface area (Å²) in [6.07, 6.45) is 5.82. The Morgan fingerprint density at radius 3 is 1.61 bits per heavy atom. The van der Waals surface area contributed by atoms with Crippen molar-refractivity contribution < 1.29 is 31.2 Å². The summed E-state index contributed by atoms with van der Waals surface area (Å²) in [5.74, 6) is -0.250. The molecule has 2 aliphatic rings. The van der Waals surface area contributed by atoms with Crippen molar-refractivity contribution in [2.24, 2.45) is 5.14 Å². The van der Waals surface area contributed by atoms with Crippen LogP contribution in [0, 0.1) is 0 Å². The van der Waals surface area contributed by atoms with Gasteiger partial charge in [0.05, 0.1) is 24.5 Å². The standard InChI is InChI=1S/C23H31N5O4S.C10H18N4O3S/c1-14(2)28-18(13-27(4)15(3)29)12-21(25-28)33(31,32)26-23(30)24-22-19-9-5-7-16(19)11-17-8-6-10-20(17)22;1-7(2)14-9(6-13(4)8(3)15)5-10(12-14)18(11,16)17/h11-12,14H,5-10,13H2,1-4H3,(H2,24,26,30);5,7H,6H2,1-4H3,(H2,11,16,17). The molecular weight excluding hydrogens is 699 g/mol. The largest absolute Gasteiger partial charge is 0.340 e. The van der Waals surface area contributed by atoms with Crippen molar-refractivity contribution in [2.45, 2.75) is 115 Å². The summed E-state index contributed by atoms with van der Waals surface area (Å²) in [6, 6.07) is 4.14. The number of nitrogens with zero attached hydrogens (tertiary/aromatic N) is 6. The Hall–Kier alpha value is -4.29. The number of nitrogens with two attached hydrogens (primary N) is 1. The quantitative estimate of drug-likeness (QED) is 0.278. The van der Waals surface area contributed by atoms with E-state index in [9.17, 15) is 31.2 Å². The molecule has 0 saturated heterocycles. The van der Waals surface area contributed by atoms with Gasteiger partial charge in [-0.3, -0.25) is 19.0 Å². The number of hydrogen-bond donors (Lipinski definition) is 3. The molecule has 4 amide bonds. The fourth-order valence-electron chi connectivity index (χ4n) is 6.21. The number of benzene rings is 1. The van der Waals surface area contributed by atoms with Gasteiger partial charge in [0, 0.05) is 57.8 Å². The van der Waals surface area contributed by atoms with Gasteiger partial charge in [0.25, 0.3) is 20.0 Å². The molecule has 1 aromatic carbocycles. The van der Waals surface area contributed by atoms with E-state index >= 15 is 0 Å². The summed E-state index contributed by atoms with van der Waals surface area (Å²) in [5.41, 5.74) is 6.74. The van der Waals surface area contributed by atoms with Gasteiger partial charge in [0.15, 0.2) is 10.1 Å². The monoisotopic (exact) mass is 747 g/mol. The maximum Gasteiger partial charge on any atom is 0.333 e. The van der Waals surface area contributed by atoms with Gasteiger partial charge < -0.3 is 15.1 Å². The van der Waals surface area contributed by atoms with Crippen LogP contribution in [0.25, 0.3) is 0 Å². The number of hydrogen-bond acceptors (Lipinski definition) is 9. The van der Waals surface area contributed by atoms with Crippen LogP contribution in [-0.4, -0.2) is 78.1 Å². The number of carbonyl (C=O) groups is 3. The maximum absolute atomic E-state index is 13.0. The van der Waals surface area contributed by atoms with Gasteiger partial charge in [-0.25, -0.2) is 23.1 Å². The van der Waals surface area contributed by atoms with Crippen LogP contribution in [0.4, 0.5) is 10.5 Å². The third kappa shape index (κ3) is 9.34. The predicted octanol–water partition coefficient (Wildman–Crippen LogP) is 3.02. The van der Waals surface area contributed by atoms with E-state index in [1.54, 1.807) is 23.5 Å². The van der Waals surface area contributed by atoms with Crippen molar-refractivity contribution in [1.82, 2.24) is 34.1 Å². The maximum atomic E-state index is 13.0. The van der Waals surface area contributed by atoms with E-state index in [-0.39, 0.29) is 47.0 Å². The summed E-state index contributed by atoms with van der Waals surface area (Å²) < 4.78 is 53.7. The zero-order chi connectivity index (χ0) is 38.0. The lowest BCUT2D eigenvalue weighted by molar-refractivity contribution is -0.128. The van der Waals surface area contributed by atoms with Crippen LogP contribution < -0.4 is 15.2 Å². The number of primary sulfonamides is 1. The third-order valence-electron chi connectivity index (χ3n) is 8.94. The summed E-state index contributed by atoms with van der Waals surface area (Å²) in [4.78, 5) is 38.6. The minimum Gasteiger partial charge on any atom is -0.340 e. The number of rotatable bonds is 10. The molecule has 0 bridgehead atoms. The highest BCUT2D eigenvalue weighted by Crippen LogP contribution is 2.38. The van der Waals surface area contributed by atoms with E-state index in [2.05, 4.69) is 26.3 Å². The number of urea groups is 1. The Labute approximate surface area is 299 Å². The molecule has 280 valence electrons. The van der Waals surface area contributed by atoms with Gasteiger partial charge in [-0.1, -0.05) is 6.07 Å². The molecule has 0 unspecified atom stereocenters. The number of carbonyl (C=O) groups excluding carboxylic acids is 3. The number of sulfonamides is 2. The Morgan fingerprint density at radius 1 is 0.765 bits per heavy atom. The Morgan fingerprint density at radius 2 is 1.20 bits per heavy atom. The first-order valence-corrected chi connectivity index (χ1v) is 19.9. The lowest BCUT2D eigenvalue weighted by Crippen LogP contribution is -2.35. The average molecular weight is 748 g/mol. The van der Waals surface area contributed by atoms with Crippen molar-refractivity contribution in [3.8, 4) is 0 Å². The normalized spacial score (nSPS) is 13.8. The fraction of sp³-hybridized carbons (Fsp3) is 0.545. The molecule has 2 aliphatic carbocycles. The molecule has 18 heteroatoms. The minimum absolute atomic E-state index is 0.0177. The van der Waals surface area contributed by atoms with Crippen molar-refractivity contribution in [3.63, 3.8) is 0 Å². The molecule has 0 saturated carbocycles. The van der Waals surface area contributed by atoms with Crippen LogP contribution in [0.1, 0.15) is 100 Å². The second-order valence-corrected chi connectivity index (χ2v) is 16.8. The second kappa shape index (κ2) is 15.5. The number of fused-ring (bicyclic) bond motifs is 2. The average Bonchev–Trinajstić information content (AvgIpc) is 3.82. The van der Waals surface area contributed by atoms with Crippen LogP contribution in [0.5, 0.6) is 0 Å². The topological polar surface area (TPSA) is 212 Å². The third-order valence-corrected chi connectivity index (χ3v) is 10.9. The van der Waals surface area contributed by atoms with Crippen molar-refractivity contribution >= 4 is 43.6 Å². The van der Waals surface area contributed by atoms with E-state index < -0.39 is 26.1 Å². The highest BCUT2D eigenvalue weighted by Gasteiger charge is 2.28. The highest BCUT2D eigenvalue weighted by molar-refractivity contribution is 7.90. The van der Waals surface area contributed by atoms with Gasteiger partial charge in [-0.05, 0) is 88.5 Å². The molecule has 2 heterocycles. The Bertz CT molecular complexity index is 2000. The molecule has 0 atom stereocenters. The molecule has 5 rings (SSSR count). The number of anilines is 1. The Kier molecular flexibility index (Phi) is 12.0. The van der Waals surface area contributed by atoms with E-state index in [0.717, 1.165) is 55.3 Å². The van der Waals surface area contributed by atoms with Crippen molar-refractivity contribution in [3.05, 3.63) is 51.8 Å². The summed E-state index contributed by atoms with van der Waals surface area (Å²) in [5, 5.41) is 15.6. The molecular formula is C33H49N9O7S2. The van der Waals surface area contributed by atoms with Crippen molar-refractivity contribution in [2.75, 3.05) is 19.4 Å². The highest BCUT2D eigenvalue weighted by atomic mass is 32.2. The second-order valence-electron chi connectivity index (χ2n) is 13.6. The zero-order valence-electron chi connectivity index (χ0n) is 30.5. The molecule has 16 nitrogen and oxygen atoms in total. The molecule has 0 aliphatic heterocycles. The van der Waals surface area contributed by atoms with E-state index in [0.29, 0.717) is 11.4 Å². The predicted molar refractivity (Wildman–Crippen MR) is 191 cm³/mol. The smallest absolute Gasteiger partial charge is 0.333 e. The molecule has 3 aromatic rings. The SMILES string of the molecule is CC(=O)N(C)Cc1cc(S(=O)(=O)NC(=O)Nc2c3c(cc4c2CCC4)CCC3)nn1C(C)C.CC(=O)N(C)Cc1cc(S(N)(=O)=O)nn1C(C)C. The summed E-state index contributed by atoms with van der Waals surface area (Å²) >= 11 is 0. The lowest BCUT2D eigenvalue weighted by atomic mass is 9.99. The van der Waals surface area contributed by atoms with Crippen LogP contribution in [0.2, 0.25) is 0 Å². The fourth-order valence-corrected chi connectivity index (χ4v) is 7.59. The Balaban J connectivity index is 0.000000275. The molecule has 0 spiro atoms. The van der Waals surface area contributed by atoms with Crippen molar-refractivity contribution in [1.29, 1.82) is 0 Å². The minimum atomic E-state index is -4.20. The number of aromatic nitrogens is 4. The van der Waals surface area contributed by atoms with Gasteiger partial charge >= 0.3 is 6.03 Å². The number of aryl methyl sites for hydroxylation is 2. The number of nitrogens with one attached hydrogen (secondary N) is 2. The first kappa shape index (κ1) is 39.5. The molecule has 51 heavy (non-hydrogen) atoms. The van der Waals surface area contributed by atoms with E-state index in [1.165, 1.54) is 46.9 Å². The molecule has 0 radical (unpaired) electrons. The lowest BCUT2D eigenvalue weighted by Gasteiger charge is -2.17. The first-order valence-electron chi connectivity index (χ1n) is 16.8. The van der Waals surface area contributed by atoms with E-state index in [4.69, 9.17) is 5.14 Å². The van der Waals surface area contributed by atoms with Crippen LogP contribution in [-0.2, 0) is 68.4 Å².